The van der Waals surface area contributed by atoms with Crippen molar-refractivity contribution < 1.29 is 0 Å². The second kappa shape index (κ2) is 4.94. The van der Waals surface area contributed by atoms with Gasteiger partial charge in [-0.3, -0.25) is 4.98 Å². The number of aryl methyl sites for hydroxylation is 1. The number of nitrogens with zero attached hydrogens (tertiary/aromatic N) is 5. The minimum absolute atomic E-state index is 0.366. The highest BCUT2D eigenvalue weighted by atomic mass is 15.5. The molecule has 96 valence electrons. The summed E-state index contributed by atoms with van der Waals surface area (Å²) in [6.07, 6.45) is 5.03. The van der Waals surface area contributed by atoms with E-state index in [-0.39, 0.29) is 0 Å². The van der Waals surface area contributed by atoms with E-state index < -0.39 is 0 Å². The number of pyridine rings is 1. The SMILES string of the molecule is Cc1ccc(/C=C(\C#N)n2nc3ccncc3n2)cc1. The van der Waals surface area contributed by atoms with Crippen molar-refractivity contribution in [3.63, 3.8) is 0 Å². The lowest BCUT2D eigenvalue weighted by atomic mass is 10.1. The van der Waals surface area contributed by atoms with E-state index in [9.17, 15) is 5.26 Å². The number of benzene rings is 1. The Kier molecular flexibility index (Phi) is 2.98. The van der Waals surface area contributed by atoms with Gasteiger partial charge >= 0.3 is 0 Å². The molecule has 0 unspecified atom stereocenters. The summed E-state index contributed by atoms with van der Waals surface area (Å²) in [5.74, 6) is 0. The standard InChI is InChI=1S/C15H11N5/c1-11-2-4-12(5-3-11)8-13(9-16)20-18-14-6-7-17-10-15(14)19-20/h2-8,10H,1H3/b13-8+. The smallest absolute Gasteiger partial charge is 0.163 e. The minimum Gasteiger partial charge on any atom is -0.262 e. The van der Waals surface area contributed by atoms with Crippen molar-refractivity contribution in [1.82, 2.24) is 20.0 Å². The van der Waals surface area contributed by atoms with Crippen LogP contribution in [0.1, 0.15) is 11.1 Å². The van der Waals surface area contributed by atoms with Gasteiger partial charge in [-0.1, -0.05) is 29.8 Å². The molecule has 0 aliphatic carbocycles. The molecule has 20 heavy (non-hydrogen) atoms. The third-order valence-corrected chi connectivity index (χ3v) is 2.89. The summed E-state index contributed by atoms with van der Waals surface area (Å²) in [7, 11) is 0. The van der Waals surface area contributed by atoms with Gasteiger partial charge in [-0.05, 0) is 24.6 Å². The van der Waals surface area contributed by atoms with Gasteiger partial charge in [0.1, 0.15) is 17.1 Å². The maximum Gasteiger partial charge on any atom is 0.163 e. The van der Waals surface area contributed by atoms with E-state index in [1.54, 1.807) is 24.5 Å². The monoisotopic (exact) mass is 261 g/mol. The lowest BCUT2D eigenvalue weighted by Gasteiger charge is -1.98. The molecule has 0 saturated heterocycles. The van der Waals surface area contributed by atoms with Crippen LogP contribution in [0.25, 0.3) is 22.8 Å². The molecule has 0 aliphatic heterocycles. The van der Waals surface area contributed by atoms with Crippen molar-refractivity contribution in [2.45, 2.75) is 6.92 Å². The minimum atomic E-state index is 0.366. The molecule has 3 rings (SSSR count). The lowest BCUT2D eigenvalue weighted by Crippen LogP contribution is -1.99. The molecule has 0 fully saturated rings. The molecular formula is C15H11N5. The molecule has 0 radical (unpaired) electrons. The molecule has 5 nitrogen and oxygen atoms in total. The largest absolute Gasteiger partial charge is 0.262 e. The molecule has 3 aromatic rings. The second-order valence-corrected chi connectivity index (χ2v) is 4.41. The molecule has 1 aromatic carbocycles. The first-order chi connectivity index (χ1) is 9.76. The third kappa shape index (κ3) is 2.27. The number of hydrogen-bond donors (Lipinski definition) is 0. The molecule has 5 heteroatoms. The van der Waals surface area contributed by atoms with Crippen LogP contribution in [0.4, 0.5) is 0 Å². The fourth-order valence-electron chi connectivity index (χ4n) is 1.83. The van der Waals surface area contributed by atoms with Crippen molar-refractivity contribution in [1.29, 1.82) is 5.26 Å². The molecule has 2 heterocycles. The number of allylic oxidation sites excluding steroid dienone is 1. The van der Waals surface area contributed by atoms with Crippen LogP contribution in [-0.2, 0) is 0 Å². The Balaban J connectivity index is 2.05. The van der Waals surface area contributed by atoms with E-state index in [2.05, 4.69) is 21.3 Å². The molecule has 2 aromatic heterocycles. The van der Waals surface area contributed by atoms with E-state index in [1.165, 1.54) is 10.4 Å². The van der Waals surface area contributed by atoms with Gasteiger partial charge in [0.05, 0.1) is 6.20 Å². The first-order valence-electron chi connectivity index (χ1n) is 6.12. The molecule has 0 bridgehead atoms. The highest BCUT2D eigenvalue weighted by Crippen LogP contribution is 2.13. The Morgan fingerprint density at radius 2 is 1.90 bits per heavy atom. The van der Waals surface area contributed by atoms with Crippen molar-refractivity contribution >= 4 is 22.8 Å². The third-order valence-electron chi connectivity index (χ3n) is 2.89. The van der Waals surface area contributed by atoms with Gasteiger partial charge in [-0.15, -0.1) is 15.0 Å². The average Bonchev–Trinajstić information content (AvgIpc) is 2.90. The second-order valence-electron chi connectivity index (χ2n) is 4.41. The van der Waals surface area contributed by atoms with Gasteiger partial charge in [0.15, 0.2) is 5.70 Å². The van der Waals surface area contributed by atoms with Gasteiger partial charge < -0.3 is 0 Å². The molecule has 0 aliphatic rings. The van der Waals surface area contributed by atoms with E-state index in [1.807, 2.05) is 31.2 Å². The summed E-state index contributed by atoms with van der Waals surface area (Å²) in [4.78, 5) is 5.33. The number of hydrogen-bond acceptors (Lipinski definition) is 4. The Bertz CT molecular complexity index is 788. The highest BCUT2D eigenvalue weighted by Gasteiger charge is 2.06. The van der Waals surface area contributed by atoms with Gasteiger partial charge in [0, 0.05) is 6.20 Å². The van der Waals surface area contributed by atoms with Crippen LogP contribution in [0.3, 0.4) is 0 Å². The Morgan fingerprint density at radius 3 is 2.60 bits per heavy atom. The number of rotatable bonds is 2. The van der Waals surface area contributed by atoms with Crippen LogP contribution in [0, 0.1) is 18.3 Å². The average molecular weight is 261 g/mol. The summed E-state index contributed by atoms with van der Waals surface area (Å²) >= 11 is 0. The van der Waals surface area contributed by atoms with Crippen LogP contribution in [0.15, 0.2) is 42.7 Å². The number of aromatic nitrogens is 4. The fraction of sp³-hybridized carbons (Fsp3) is 0.0667. The quantitative estimate of drug-likeness (QED) is 0.665. The highest BCUT2D eigenvalue weighted by molar-refractivity contribution is 5.80. The summed E-state index contributed by atoms with van der Waals surface area (Å²) < 4.78 is 0. The van der Waals surface area contributed by atoms with Crippen LogP contribution < -0.4 is 0 Å². The van der Waals surface area contributed by atoms with Gasteiger partial charge in [-0.25, -0.2) is 0 Å². The topological polar surface area (TPSA) is 67.4 Å². The molecular weight excluding hydrogens is 250 g/mol. The Labute approximate surface area is 115 Å². The van der Waals surface area contributed by atoms with Crippen molar-refractivity contribution in [3.8, 4) is 6.07 Å². The first kappa shape index (κ1) is 12.1. The van der Waals surface area contributed by atoms with Crippen molar-refractivity contribution in [2.75, 3.05) is 0 Å². The van der Waals surface area contributed by atoms with E-state index in [0.717, 1.165) is 5.56 Å². The number of nitriles is 1. The maximum absolute atomic E-state index is 9.29. The van der Waals surface area contributed by atoms with Gasteiger partial charge in [0.25, 0.3) is 0 Å². The Morgan fingerprint density at radius 1 is 1.15 bits per heavy atom. The Hall–Kier alpha value is -3.00. The summed E-state index contributed by atoms with van der Waals surface area (Å²) in [6.45, 7) is 2.02. The zero-order chi connectivity index (χ0) is 13.9. The molecule has 0 atom stereocenters. The van der Waals surface area contributed by atoms with Crippen LogP contribution in [0.5, 0.6) is 0 Å². The van der Waals surface area contributed by atoms with E-state index >= 15 is 0 Å². The fourth-order valence-corrected chi connectivity index (χ4v) is 1.83. The molecule has 0 saturated carbocycles. The van der Waals surface area contributed by atoms with Crippen molar-refractivity contribution in [2.24, 2.45) is 0 Å². The zero-order valence-electron chi connectivity index (χ0n) is 10.9. The maximum atomic E-state index is 9.29. The van der Waals surface area contributed by atoms with Crippen LogP contribution in [-0.4, -0.2) is 20.0 Å². The van der Waals surface area contributed by atoms with Crippen molar-refractivity contribution in [3.05, 3.63) is 53.9 Å². The summed E-state index contributed by atoms with van der Waals surface area (Å²) in [5.41, 5.74) is 3.86. The summed E-state index contributed by atoms with van der Waals surface area (Å²) in [5, 5.41) is 17.8. The molecule has 0 spiro atoms. The lowest BCUT2D eigenvalue weighted by molar-refractivity contribution is 0.795. The van der Waals surface area contributed by atoms with Crippen LogP contribution in [0.2, 0.25) is 0 Å². The van der Waals surface area contributed by atoms with E-state index in [0.29, 0.717) is 16.7 Å². The number of fused-ring (bicyclic) bond motifs is 1. The van der Waals surface area contributed by atoms with E-state index in [4.69, 9.17) is 0 Å². The normalized spacial score (nSPS) is 11.5. The molecule has 0 amide bonds. The van der Waals surface area contributed by atoms with Gasteiger partial charge in [-0.2, -0.15) is 5.26 Å². The predicted octanol–water partition coefficient (Wildman–Crippen LogP) is 2.66. The van der Waals surface area contributed by atoms with Gasteiger partial charge in [0.2, 0.25) is 0 Å². The summed E-state index contributed by atoms with van der Waals surface area (Å²) in [6, 6.07) is 11.8. The predicted molar refractivity (Wildman–Crippen MR) is 76.3 cm³/mol. The van der Waals surface area contributed by atoms with Crippen LogP contribution >= 0.6 is 0 Å². The zero-order valence-corrected chi connectivity index (χ0v) is 10.9. The first-order valence-corrected chi connectivity index (χ1v) is 6.12. The molecule has 0 N–H and O–H groups in total.